The van der Waals surface area contributed by atoms with Crippen molar-refractivity contribution in [2.45, 2.75) is 6.42 Å². The summed E-state index contributed by atoms with van der Waals surface area (Å²) < 4.78 is 0. The van der Waals surface area contributed by atoms with Gasteiger partial charge < -0.3 is 5.43 Å². The van der Waals surface area contributed by atoms with Gasteiger partial charge in [-0.05, 0) is 0 Å². The summed E-state index contributed by atoms with van der Waals surface area (Å²) in [5.41, 5.74) is 2.79. The smallest absolute Gasteiger partial charge is 0.0379 e. The van der Waals surface area contributed by atoms with Crippen LogP contribution in [-0.2, 0) is 19.5 Å². The maximum absolute atomic E-state index is 3.71. The number of nitrogens with one attached hydrogen (secondary N) is 1. The Bertz CT molecular complexity index is 46.8. The molecule has 0 spiro atoms. The van der Waals surface area contributed by atoms with Crippen molar-refractivity contribution in [2.75, 3.05) is 6.54 Å². The van der Waals surface area contributed by atoms with Crippen molar-refractivity contribution < 1.29 is 19.5 Å². The second-order valence-electron chi connectivity index (χ2n) is 1.01. The summed E-state index contributed by atoms with van der Waals surface area (Å²) in [6, 6.07) is 0. The third kappa shape index (κ3) is 1.51. The Kier molecular flexibility index (Phi) is 3.34. The average Bonchev–Trinajstić information content (AvgIpc) is 1.76. The molecule has 0 bridgehead atoms. The van der Waals surface area contributed by atoms with Gasteiger partial charge in [-0.15, -0.1) is 0 Å². The molecule has 0 aromatic heterocycles. The largest absolute Gasteiger partial charge is 0.310 e. The predicted molar refractivity (Wildman–Crippen MR) is 21.1 cm³/mol. The zero-order chi connectivity index (χ0) is 3.54. The molecule has 1 aliphatic rings. The molecule has 30 valence electrons. The van der Waals surface area contributed by atoms with Crippen molar-refractivity contribution in [3.63, 3.8) is 0 Å². The predicted octanol–water partition coefficient (Wildman–Crippen LogP) is -0.0370. The molecule has 0 amide bonds. The van der Waals surface area contributed by atoms with E-state index >= 15 is 0 Å². The summed E-state index contributed by atoms with van der Waals surface area (Å²) in [7, 11) is 0. The molecule has 0 atom stereocenters. The van der Waals surface area contributed by atoms with Gasteiger partial charge in [-0.1, -0.05) is 0 Å². The molecule has 1 heterocycles. The molecule has 1 rings (SSSR count). The normalized spacial score (nSPS) is 16.0. The molecular formula is C3H6N2Zn. The fourth-order valence-corrected chi connectivity index (χ4v) is 0.323. The molecule has 2 nitrogen and oxygen atoms in total. The molecule has 0 radical (unpaired) electrons. The van der Waals surface area contributed by atoms with Crippen molar-refractivity contribution in [2.24, 2.45) is 5.10 Å². The third-order valence-electron chi connectivity index (χ3n) is 0.568. The van der Waals surface area contributed by atoms with E-state index in [-0.39, 0.29) is 19.5 Å². The van der Waals surface area contributed by atoms with Crippen LogP contribution in [0.15, 0.2) is 5.10 Å². The van der Waals surface area contributed by atoms with E-state index < -0.39 is 0 Å². The summed E-state index contributed by atoms with van der Waals surface area (Å²) in [6.45, 7) is 1.03. The van der Waals surface area contributed by atoms with Gasteiger partial charge in [0.2, 0.25) is 0 Å². The minimum atomic E-state index is 0. The minimum absolute atomic E-state index is 0. The third-order valence-corrected chi connectivity index (χ3v) is 0.568. The average molecular weight is 135 g/mol. The molecule has 0 fully saturated rings. The first-order valence-electron chi connectivity index (χ1n) is 1.74. The van der Waals surface area contributed by atoms with Gasteiger partial charge in [0.1, 0.15) is 0 Å². The van der Waals surface area contributed by atoms with Crippen LogP contribution in [0.2, 0.25) is 0 Å². The fourth-order valence-electron chi connectivity index (χ4n) is 0.323. The Morgan fingerprint density at radius 1 is 1.67 bits per heavy atom. The van der Waals surface area contributed by atoms with Gasteiger partial charge in [-0.2, -0.15) is 5.10 Å². The first-order chi connectivity index (χ1) is 2.50. The van der Waals surface area contributed by atoms with E-state index in [0.717, 1.165) is 13.0 Å². The summed E-state index contributed by atoms with van der Waals surface area (Å²) in [6.07, 6.45) is 2.97. The SMILES string of the molecule is C1=NNCC1.[Zn]. The van der Waals surface area contributed by atoms with Crippen molar-refractivity contribution >= 4 is 6.21 Å². The molecule has 6 heavy (non-hydrogen) atoms. The Morgan fingerprint density at radius 2 is 2.50 bits per heavy atom. The maximum atomic E-state index is 3.71. The Morgan fingerprint density at radius 3 is 2.67 bits per heavy atom. The first-order valence-corrected chi connectivity index (χ1v) is 1.74. The molecule has 1 N–H and O–H groups in total. The first kappa shape index (κ1) is 6.09. The zero-order valence-corrected chi connectivity index (χ0v) is 6.61. The van der Waals surface area contributed by atoms with Crippen LogP contribution in [0.3, 0.4) is 0 Å². The van der Waals surface area contributed by atoms with Crippen molar-refractivity contribution in [3.8, 4) is 0 Å². The monoisotopic (exact) mass is 134 g/mol. The van der Waals surface area contributed by atoms with Crippen LogP contribution >= 0.6 is 0 Å². The number of hydrazone groups is 1. The molecule has 0 aromatic rings. The molecular weight excluding hydrogens is 129 g/mol. The van der Waals surface area contributed by atoms with E-state index in [2.05, 4.69) is 10.5 Å². The van der Waals surface area contributed by atoms with Crippen LogP contribution < -0.4 is 5.43 Å². The van der Waals surface area contributed by atoms with E-state index in [1.165, 1.54) is 0 Å². The van der Waals surface area contributed by atoms with E-state index in [1.807, 2.05) is 6.21 Å². The van der Waals surface area contributed by atoms with Crippen LogP contribution in [0.25, 0.3) is 0 Å². The van der Waals surface area contributed by atoms with Gasteiger partial charge >= 0.3 is 0 Å². The van der Waals surface area contributed by atoms with Crippen LogP contribution in [0.4, 0.5) is 0 Å². The van der Waals surface area contributed by atoms with E-state index in [9.17, 15) is 0 Å². The van der Waals surface area contributed by atoms with Gasteiger partial charge in [0, 0.05) is 38.7 Å². The van der Waals surface area contributed by atoms with E-state index in [0.29, 0.717) is 0 Å². The quantitative estimate of drug-likeness (QED) is 0.463. The summed E-state index contributed by atoms with van der Waals surface area (Å²) in [4.78, 5) is 0. The fraction of sp³-hybridized carbons (Fsp3) is 0.667. The number of rotatable bonds is 0. The van der Waals surface area contributed by atoms with Crippen LogP contribution in [-0.4, -0.2) is 12.8 Å². The molecule has 0 saturated heterocycles. The molecule has 0 unspecified atom stereocenters. The molecule has 0 aliphatic carbocycles. The van der Waals surface area contributed by atoms with Crippen molar-refractivity contribution in [3.05, 3.63) is 0 Å². The second kappa shape index (κ2) is 3.29. The van der Waals surface area contributed by atoms with Gasteiger partial charge in [0.25, 0.3) is 0 Å². The zero-order valence-electron chi connectivity index (χ0n) is 3.65. The number of hydrogen-bond donors (Lipinski definition) is 1. The van der Waals surface area contributed by atoms with Crippen LogP contribution in [0.1, 0.15) is 6.42 Å². The molecule has 3 heteroatoms. The van der Waals surface area contributed by atoms with E-state index in [1.54, 1.807) is 0 Å². The Labute approximate surface area is 49.8 Å². The standard InChI is InChI=1S/C3H6N2.Zn/c1-2-4-5-3-1;/h2,5H,1,3H2;. The van der Waals surface area contributed by atoms with Gasteiger partial charge in [-0.25, -0.2) is 0 Å². The maximum Gasteiger partial charge on any atom is 0.0379 e. The van der Waals surface area contributed by atoms with Crippen LogP contribution in [0, 0.1) is 0 Å². The number of nitrogens with zero attached hydrogens (tertiary/aromatic N) is 1. The van der Waals surface area contributed by atoms with E-state index in [4.69, 9.17) is 0 Å². The molecule has 0 aromatic carbocycles. The van der Waals surface area contributed by atoms with Gasteiger partial charge in [-0.3, -0.25) is 0 Å². The second-order valence-corrected chi connectivity index (χ2v) is 1.01. The van der Waals surface area contributed by atoms with Gasteiger partial charge in [0.15, 0.2) is 0 Å². The molecule has 0 saturated carbocycles. The summed E-state index contributed by atoms with van der Waals surface area (Å²) in [5, 5.41) is 3.71. The Hall–Kier alpha value is 0.0934. The summed E-state index contributed by atoms with van der Waals surface area (Å²) >= 11 is 0. The number of hydrogen-bond acceptors (Lipinski definition) is 2. The van der Waals surface area contributed by atoms with Crippen LogP contribution in [0.5, 0.6) is 0 Å². The Balaban J connectivity index is 0.000000250. The topological polar surface area (TPSA) is 24.4 Å². The summed E-state index contributed by atoms with van der Waals surface area (Å²) in [5.74, 6) is 0. The molecule has 1 aliphatic heterocycles. The minimum Gasteiger partial charge on any atom is -0.310 e. The van der Waals surface area contributed by atoms with Crippen molar-refractivity contribution in [1.29, 1.82) is 0 Å². The van der Waals surface area contributed by atoms with Gasteiger partial charge in [0.05, 0.1) is 0 Å². The van der Waals surface area contributed by atoms with Crippen molar-refractivity contribution in [1.82, 2.24) is 5.43 Å².